The first-order valence-corrected chi connectivity index (χ1v) is 4.46. The molecule has 0 radical (unpaired) electrons. The van der Waals surface area contributed by atoms with Gasteiger partial charge in [0, 0.05) is 6.42 Å². The number of carbonyl (C=O) groups is 2. The average Bonchev–Trinajstić information content (AvgIpc) is 2.09. The van der Waals surface area contributed by atoms with Gasteiger partial charge in [0.2, 0.25) is 0 Å². The molecule has 0 saturated carbocycles. The van der Waals surface area contributed by atoms with Crippen LogP contribution in [-0.4, -0.2) is 12.1 Å². The van der Waals surface area contributed by atoms with E-state index in [2.05, 4.69) is 6.92 Å². The zero-order valence-electron chi connectivity index (χ0n) is 7.58. The van der Waals surface area contributed by atoms with Crippen LogP contribution in [0.15, 0.2) is 12.2 Å². The van der Waals surface area contributed by atoms with Gasteiger partial charge in [-0.3, -0.25) is 9.59 Å². The van der Waals surface area contributed by atoms with E-state index in [1.807, 2.05) is 0 Å². The van der Waals surface area contributed by atoms with Crippen LogP contribution < -0.4 is 0 Å². The van der Waals surface area contributed by atoms with Crippen molar-refractivity contribution in [2.24, 2.45) is 0 Å². The highest BCUT2D eigenvalue weighted by atomic mass is 16.1. The predicted molar refractivity (Wildman–Crippen MR) is 49.0 cm³/mol. The van der Waals surface area contributed by atoms with Gasteiger partial charge in [-0.25, -0.2) is 0 Å². The van der Waals surface area contributed by atoms with Crippen LogP contribution >= 0.6 is 0 Å². The van der Waals surface area contributed by atoms with E-state index in [9.17, 15) is 9.59 Å². The third-order valence-corrected chi connectivity index (χ3v) is 1.64. The Balaban J connectivity index is 3.31. The second-order valence-corrected chi connectivity index (χ2v) is 2.77. The van der Waals surface area contributed by atoms with E-state index in [1.165, 1.54) is 25.0 Å². The molecule has 68 valence electrons. The summed E-state index contributed by atoms with van der Waals surface area (Å²) in [5, 5.41) is 0. The van der Waals surface area contributed by atoms with Crippen molar-refractivity contribution in [3.8, 4) is 0 Å². The summed E-state index contributed by atoms with van der Waals surface area (Å²) < 4.78 is 0. The molecule has 0 aromatic carbocycles. The van der Waals surface area contributed by atoms with Gasteiger partial charge in [-0.1, -0.05) is 26.2 Å². The highest BCUT2D eigenvalue weighted by Gasteiger charge is 1.95. The molecule has 0 unspecified atom stereocenters. The summed E-state index contributed by atoms with van der Waals surface area (Å²) in [6.45, 7) is 2.13. The van der Waals surface area contributed by atoms with Crippen LogP contribution in [0.1, 0.15) is 39.0 Å². The molecule has 0 aliphatic heterocycles. The molecule has 0 saturated heterocycles. The molecule has 0 aliphatic rings. The van der Waals surface area contributed by atoms with Crippen molar-refractivity contribution >= 4 is 12.1 Å². The Hall–Kier alpha value is -0.920. The van der Waals surface area contributed by atoms with Crippen LogP contribution in [0.3, 0.4) is 0 Å². The molecular formula is C10H16O2. The monoisotopic (exact) mass is 168 g/mol. The summed E-state index contributed by atoms with van der Waals surface area (Å²) in [6.07, 6.45) is 8.21. The predicted octanol–water partition coefficient (Wildman–Crippen LogP) is 2.28. The molecule has 0 aromatic rings. The summed E-state index contributed by atoms with van der Waals surface area (Å²) in [5.74, 6) is 0.0539. The van der Waals surface area contributed by atoms with Gasteiger partial charge < -0.3 is 0 Å². The zero-order valence-corrected chi connectivity index (χ0v) is 7.58. The lowest BCUT2D eigenvalue weighted by atomic mass is 10.1. The molecule has 0 heterocycles. The Bertz CT molecular complexity index is 159. The average molecular weight is 168 g/mol. The quantitative estimate of drug-likeness (QED) is 0.332. The SMILES string of the molecule is CCCCCCC(=O)C=CC=O. The van der Waals surface area contributed by atoms with Crippen LogP contribution in [0.4, 0.5) is 0 Å². The maximum atomic E-state index is 10.9. The third kappa shape index (κ3) is 7.19. The minimum absolute atomic E-state index is 0.0539. The summed E-state index contributed by atoms with van der Waals surface area (Å²) in [6, 6.07) is 0. The fraction of sp³-hybridized carbons (Fsp3) is 0.600. The van der Waals surface area contributed by atoms with E-state index in [1.54, 1.807) is 0 Å². The number of hydrogen-bond acceptors (Lipinski definition) is 2. The molecule has 2 nitrogen and oxygen atoms in total. The molecular weight excluding hydrogens is 152 g/mol. The summed E-state index contributed by atoms with van der Waals surface area (Å²) in [4.78, 5) is 20.8. The van der Waals surface area contributed by atoms with Crippen LogP contribution in [0.2, 0.25) is 0 Å². The highest BCUT2D eigenvalue weighted by Crippen LogP contribution is 2.02. The van der Waals surface area contributed by atoms with Crippen molar-refractivity contribution in [1.29, 1.82) is 0 Å². The van der Waals surface area contributed by atoms with E-state index in [0.717, 1.165) is 12.8 Å². The van der Waals surface area contributed by atoms with Gasteiger partial charge in [0.1, 0.15) is 6.29 Å². The number of ketones is 1. The smallest absolute Gasteiger partial charge is 0.155 e. The number of allylic oxidation sites excluding steroid dienone is 2. The summed E-state index contributed by atoms with van der Waals surface area (Å²) in [5.41, 5.74) is 0. The minimum atomic E-state index is 0.0539. The normalized spacial score (nSPS) is 10.4. The molecule has 0 aromatic heterocycles. The Morgan fingerprint density at radius 2 is 2.00 bits per heavy atom. The number of aldehydes is 1. The van der Waals surface area contributed by atoms with Crippen molar-refractivity contribution < 1.29 is 9.59 Å². The van der Waals surface area contributed by atoms with E-state index in [0.29, 0.717) is 12.7 Å². The topological polar surface area (TPSA) is 34.1 Å². The lowest BCUT2D eigenvalue weighted by Gasteiger charge is -1.94. The van der Waals surface area contributed by atoms with Crippen molar-refractivity contribution in [2.45, 2.75) is 39.0 Å². The maximum Gasteiger partial charge on any atom is 0.155 e. The standard InChI is InChI=1S/C10H16O2/c1-2-3-4-5-7-10(12)8-6-9-11/h6,8-9H,2-5,7H2,1H3. The van der Waals surface area contributed by atoms with Gasteiger partial charge in [0.15, 0.2) is 5.78 Å². The van der Waals surface area contributed by atoms with Gasteiger partial charge in [-0.15, -0.1) is 0 Å². The molecule has 0 fully saturated rings. The number of rotatable bonds is 7. The number of unbranched alkanes of at least 4 members (excludes halogenated alkanes) is 3. The van der Waals surface area contributed by atoms with E-state index in [-0.39, 0.29) is 5.78 Å². The van der Waals surface area contributed by atoms with E-state index >= 15 is 0 Å². The van der Waals surface area contributed by atoms with Gasteiger partial charge in [0.05, 0.1) is 0 Å². The summed E-state index contributed by atoms with van der Waals surface area (Å²) >= 11 is 0. The first-order chi connectivity index (χ1) is 5.81. The first-order valence-electron chi connectivity index (χ1n) is 4.46. The van der Waals surface area contributed by atoms with Crippen molar-refractivity contribution in [3.05, 3.63) is 12.2 Å². The number of hydrogen-bond donors (Lipinski definition) is 0. The number of carbonyl (C=O) groups excluding carboxylic acids is 2. The van der Waals surface area contributed by atoms with Crippen molar-refractivity contribution in [2.75, 3.05) is 0 Å². The lowest BCUT2D eigenvalue weighted by molar-refractivity contribution is -0.115. The molecule has 0 amide bonds. The van der Waals surface area contributed by atoms with E-state index < -0.39 is 0 Å². The molecule has 12 heavy (non-hydrogen) atoms. The van der Waals surface area contributed by atoms with Gasteiger partial charge in [-0.2, -0.15) is 0 Å². The molecule has 0 aliphatic carbocycles. The van der Waals surface area contributed by atoms with Gasteiger partial charge in [-0.05, 0) is 18.6 Å². The molecule has 0 N–H and O–H groups in total. The van der Waals surface area contributed by atoms with Crippen LogP contribution in [0.25, 0.3) is 0 Å². The molecule has 2 heteroatoms. The third-order valence-electron chi connectivity index (χ3n) is 1.64. The zero-order chi connectivity index (χ0) is 9.23. The largest absolute Gasteiger partial charge is 0.299 e. The molecule has 0 bridgehead atoms. The fourth-order valence-electron chi connectivity index (χ4n) is 0.956. The first kappa shape index (κ1) is 11.1. The molecule has 0 spiro atoms. The fourth-order valence-corrected chi connectivity index (χ4v) is 0.956. The Kier molecular flexibility index (Phi) is 7.55. The second kappa shape index (κ2) is 8.18. The van der Waals surface area contributed by atoms with Crippen molar-refractivity contribution in [3.63, 3.8) is 0 Å². The van der Waals surface area contributed by atoms with Crippen LogP contribution in [0.5, 0.6) is 0 Å². The maximum absolute atomic E-state index is 10.9. The van der Waals surface area contributed by atoms with Crippen LogP contribution in [0, 0.1) is 0 Å². The molecule has 0 rings (SSSR count). The van der Waals surface area contributed by atoms with Crippen molar-refractivity contribution in [1.82, 2.24) is 0 Å². The van der Waals surface area contributed by atoms with Gasteiger partial charge >= 0.3 is 0 Å². The van der Waals surface area contributed by atoms with Gasteiger partial charge in [0.25, 0.3) is 0 Å². The minimum Gasteiger partial charge on any atom is -0.299 e. The van der Waals surface area contributed by atoms with Crippen LogP contribution in [-0.2, 0) is 9.59 Å². The highest BCUT2D eigenvalue weighted by molar-refractivity contribution is 5.92. The second-order valence-electron chi connectivity index (χ2n) is 2.77. The van der Waals surface area contributed by atoms with E-state index in [4.69, 9.17) is 0 Å². The Morgan fingerprint density at radius 1 is 1.25 bits per heavy atom. The lowest BCUT2D eigenvalue weighted by Crippen LogP contribution is -1.92. The summed E-state index contributed by atoms with van der Waals surface area (Å²) in [7, 11) is 0. The Morgan fingerprint density at radius 3 is 2.58 bits per heavy atom. The Labute approximate surface area is 73.7 Å². The molecule has 0 atom stereocenters.